The molecule has 0 radical (unpaired) electrons. The molecule has 1 heterocycles. The lowest BCUT2D eigenvalue weighted by molar-refractivity contribution is -0.137. The van der Waals surface area contributed by atoms with Gasteiger partial charge in [-0.3, -0.25) is 4.79 Å². The van der Waals surface area contributed by atoms with Gasteiger partial charge >= 0.3 is 12.0 Å². The Labute approximate surface area is 123 Å². The maximum atomic E-state index is 11.7. The molecule has 0 saturated carbocycles. The number of amides is 2. The van der Waals surface area contributed by atoms with Crippen LogP contribution in [0.2, 0.25) is 0 Å². The zero-order valence-corrected chi connectivity index (χ0v) is 12.7. The Balaban J connectivity index is 2.15. The molecule has 1 rings (SSSR count). The van der Waals surface area contributed by atoms with Crippen molar-refractivity contribution in [1.82, 2.24) is 10.6 Å². The van der Waals surface area contributed by atoms with E-state index in [9.17, 15) is 9.59 Å². The van der Waals surface area contributed by atoms with E-state index in [2.05, 4.69) is 10.6 Å². The molecule has 20 heavy (non-hydrogen) atoms. The highest BCUT2D eigenvalue weighted by molar-refractivity contribution is 7.10. The lowest BCUT2D eigenvalue weighted by Crippen LogP contribution is -2.37. The van der Waals surface area contributed by atoms with Crippen LogP contribution in [0.5, 0.6) is 0 Å². The van der Waals surface area contributed by atoms with Crippen LogP contribution in [0, 0.1) is 5.92 Å². The minimum atomic E-state index is -0.771. The second kappa shape index (κ2) is 8.58. The van der Waals surface area contributed by atoms with Crippen molar-refractivity contribution in [1.29, 1.82) is 0 Å². The summed E-state index contributed by atoms with van der Waals surface area (Å²) >= 11 is 1.61. The number of nitrogens with one attached hydrogen (secondary N) is 2. The van der Waals surface area contributed by atoms with Crippen LogP contribution in [0.1, 0.15) is 44.0 Å². The van der Waals surface area contributed by atoms with Gasteiger partial charge in [0.1, 0.15) is 0 Å². The topological polar surface area (TPSA) is 78.4 Å². The minimum Gasteiger partial charge on any atom is -0.481 e. The quantitative estimate of drug-likeness (QED) is 0.690. The number of urea groups is 1. The van der Waals surface area contributed by atoms with Crippen LogP contribution in [0.15, 0.2) is 17.5 Å². The summed E-state index contributed by atoms with van der Waals surface area (Å²) in [4.78, 5) is 23.2. The summed E-state index contributed by atoms with van der Waals surface area (Å²) in [6.07, 6.45) is 1.61. The van der Waals surface area contributed by atoms with Gasteiger partial charge in [0, 0.05) is 17.8 Å². The second-order valence-electron chi connectivity index (χ2n) is 4.96. The number of carboxylic acid groups (broad SMARTS) is 1. The summed E-state index contributed by atoms with van der Waals surface area (Å²) in [6.45, 7) is 4.50. The van der Waals surface area contributed by atoms with Crippen LogP contribution < -0.4 is 10.6 Å². The van der Waals surface area contributed by atoms with Gasteiger partial charge in [0.15, 0.2) is 0 Å². The van der Waals surface area contributed by atoms with Crippen molar-refractivity contribution >= 4 is 23.3 Å². The average molecular weight is 298 g/mol. The van der Waals surface area contributed by atoms with E-state index in [4.69, 9.17) is 5.11 Å². The molecule has 112 valence electrons. The molecule has 0 spiro atoms. The predicted octanol–water partition coefficient (Wildman–Crippen LogP) is 3.00. The third-order valence-electron chi connectivity index (χ3n) is 3.09. The van der Waals surface area contributed by atoms with Crippen molar-refractivity contribution < 1.29 is 14.7 Å². The van der Waals surface area contributed by atoms with Gasteiger partial charge in [-0.15, -0.1) is 11.3 Å². The summed E-state index contributed by atoms with van der Waals surface area (Å²) in [6, 6.07) is 3.76. The van der Waals surface area contributed by atoms with Gasteiger partial charge in [-0.05, 0) is 37.1 Å². The molecule has 1 aromatic heterocycles. The standard InChI is InChI=1S/C14H22N2O3S/c1-10(5-6-13(17)18)7-8-15-14(19)16-11(2)12-4-3-9-20-12/h3-4,9-11H,5-8H2,1-2H3,(H,17,18)(H2,15,16,19). The first-order valence-electron chi connectivity index (χ1n) is 6.78. The molecular weight excluding hydrogens is 276 g/mol. The molecule has 5 nitrogen and oxygen atoms in total. The van der Waals surface area contributed by atoms with Crippen molar-refractivity contribution in [3.05, 3.63) is 22.4 Å². The molecule has 0 aliphatic carbocycles. The molecule has 0 aliphatic heterocycles. The Hall–Kier alpha value is -1.56. The number of hydrogen-bond donors (Lipinski definition) is 3. The summed E-state index contributed by atoms with van der Waals surface area (Å²) in [5.74, 6) is -0.478. The Morgan fingerprint density at radius 3 is 2.70 bits per heavy atom. The summed E-state index contributed by atoms with van der Waals surface area (Å²) < 4.78 is 0. The zero-order valence-electron chi connectivity index (χ0n) is 11.9. The van der Waals surface area contributed by atoms with Crippen LogP contribution >= 0.6 is 11.3 Å². The Morgan fingerprint density at radius 2 is 2.10 bits per heavy atom. The number of carbonyl (C=O) groups excluding carboxylic acids is 1. The molecule has 0 saturated heterocycles. The maximum Gasteiger partial charge on any atom is 0.315 e. The molecule has 0 bridgehead atoms. The second-order valence-corrected chi connectivity index (χ2v) is 5.94. The fourth-order valence-electron chi connectivity index (χ4n) is 1.80. The highest BCUT2D eigenvalue weighted by Gasteiger charge is 2.10. The molecule has 0 fully saturated rings. The summed E-state index contributed by atoms with van der Waals surface area (Å²) in [5, 5.41) is 16.2. The number of hydrogen-bond acceptors (Lipinski definition) is 3. The summed E-state index contributed by atoms with van der Waals surface area (Å²) in [7, 11) is 0. The van der Waals surface area contributed by atoms with Gasteiger partial charge in [-0.1, -0.05) is 13.0 Å². The number of rotatable bonds is 8. The van der Waals surface area contributed by atoms with Crippen molar-refractivity contribution in [2.24, 2.45) is 5.92 Å². The van der Waals surface area contributed by atoms with E-state index in [1.165, 1.54) is 0 Å². The molecule has 2 amide bonds. The first kappa shape index (κ1) is 16.5. The predicted molar refractivity (Wildman–Crippen MR) is 79.9 cm³/mol. The van der Waals surface area contributed by atoms with Gasteiger partial charge in [-0.25, -0.2) is 4.79 Å². The Kier molecular flexibility index (Phi) is 7.08. The van der Waals surface area contributed by atoms with E-state index in [0.717, 1.165) is 11.3 Å². The Bertz CT molecular complexity index is 420. The third kappa shape index (κ3) is 6.56. The molecule has 0 aromatic carbocycles. The highest BCUT2D eigenvalue weighted by atomic mass is 32.1. The van der Waals surface area contributed by atoms with E-state index in [-0.39, 0.29) is 18.5 Å². The first-order chi connectivity index (χ1) is 9.49. The molecular formula is C14H22N2O3S. The monoisotopic (exact) mass is 298 g/mol. The number of carboxylic acids is 1. The molecule has 0 aliphatic rings. The molecule has 3 N–H and O–H groups in total. The number of aliphatic carboxylic acids is 1. The average Bonchev–Trinajstić information content (AvgIpc) is 2.90. The molecule has 2 atom stereocenters. The molecule has 6 heteroatoms. The summed E-state index contributed by atoms with van der Waals surface area (Å²) in [5.41, 5.74) is 0. The zero-order chi connectivity index (χ0) is 15.0. The van der Waals surface area contributed by atoms with Crippen LogP contribution in [0.4, 0.5) is 4.79 Å². The Morgan fingerprint density at radius 1 is 1.35 bits per heavy atom. The van der Waals surface area contributed by atoms with Gasteiger partial charge in [0.05, 0.1) is 6.04 Å². The largest absolute Gasteiger partial charge is 0.481 e. The fourth-order valence-corrected chi connectivity index (χ4v) is 2.54. The fraction of sp³-hybridized carbons (Fsp3) is 0.571. The van der Waals surface area contributed by atoms with Crippen LogP contribution in [-0.4, -0.2) is 23.7 Å². The molecule has 1 aromatic rings. The van der Waals surface area contributed by atoms with E-state index >= 15 is 0 Å². The lowest BCUT2D eigenvalue weighted by Gasteiger charge is -2.14. The van der Waals surface area contributed by atoms with Gasteiger partial charge in [0.2, 0.25) is 0 Å². The SMILES string of the molecule is CC(CCNC(=O)NC(C)c1cccs1)CCC(=O)O. The van der Waals surface area contributed by atoms with E-state index < -0.39 is 5.97 Å². The minimum absolute atomic E-state index is 0.000524. The highest BCUT2D eigenvalue weighted by Crippen LogP contribution is 2.17. The van der Waals surface area contributed by atoms with Crippen molar-refractivity contribution in [2.45, 2.75) is 39.2 Å². The van der Waals surface area contributed by atoms with Gasteiger partial charge < -0.3 is 15.7 Å². The van der Waals surface area contributed by atoms with Crippen LogP contribution in [0.3, 0.4) is 0 Å². The van der Waals surface area contributed by atoms with Gasteiger partial charge in [-0.2, -0.15) is 0 Å². The van der Waals surface area contributed by atoms with Crippen LogP contribution in [-0.2, 0) is 4.79 Å². The normalized spacial score (nSPS) is 13.5. The lowest BCUT2D eigenvalue weighted by atomic mass is 10.0. The first-order valence-corrected chi connectivity index (χ1v) is 7.66. The van der Waals surface area contributed by atoms with E-state index in [1.54, 1.807) is 11.3 Å². The van der Waals surface area contributed by atoms with Crippen molar-refractivity contribution in [3.63, 3.8) is 0 Å². The maximum absolute atomic E-state index is 11.7. The van der Waals surface area contributed by atoms with Crippen LogP contribution in [0.25, 0.3) is 0 Å². The smallest absolute Gasteiger partial charge is 0.315 e. The van der Waals surface area contributed by atoms with E-state index in [1.807, 2.05) is 31.4 Å². The molecule has 2 unspecified atom stereocenters. The van der Waals surface area contributed by atoms with Crippen molar-refractivity contribution in [2.75, 3.05) is 6.54 Å². The van der Waals surface area contributed by atoms with E-state index in [0.29, 0.717) is 18.9 Å². The van der Waals surface area contributed by atoms with Gasteiger partial charge in [0.25, 0.3) is 0 Å². The third-order valence-corrected chi connectivity index (χ3v) is 4.15. The number of carbonyl (C=O) groups is 2. The van der Waals surface area contributed by atoms with Crippen molar-refractivity contribution in [3.8, 4) is 0 Å². The number of thiophene rings is 1.